The van der Waals surface area contributed by atoms with E-state index >= 15 is 0 Å². The van der Waals surface area contributed by atoms with Crippen LogP contribution in [-0.4, -0.2) is 54.2 Å². The molecule has 0 N–H and O–H groups in total. The predicted molar refractivity (Wildman–Crippen MR) is 96.0 cm³/mol. The summed E-state index contributed by atoms with van der Waals surface area (Å²) >= 11 is 0. The third kappa shape index (κ3) is 4.29. The van der Waals surface area contributed by atoms with Crippen LogP contribution < -0.4 is 0 Å². The molecule has 2 aliphatic heterocycles. The first kappa shape index (κ1) is 16.8. The van der Waals surface area contributed by atoms with Gasteiger partial charge in [0, 0.05) is 37.8 Å². The van der Waals surface area contributed by atoms with Crippen molar-refractivity contribution in [1.29, 1.82) is 0 Å². The van der Waals surface area contributed by atoms with Crippen LogP contribution in [0, 0.1) is 5.41 Å². The smallest absolute Gasteiger partial charge is 0.117 e. The SMILES string of the molecule is c1ccc(CN2CCOCC3(CCCN(Cc4ccco4)C3)C2)nc1. The van der Waals surface area contributed by atoms with Crippen molar-refractivity contribution in [3.63, 3.8) is 0 Å². The summed E-state index contributed by atoms with van der Waals surface area (Å²) in [4.78, 5) is 9.54. The van der Waals surface area contributed by atoms with Gasteiger partial charge in [0.2, 0.25) is 0 Å². The van der Waals surface area contributed by atoms with Crippen molar-refractivity contribution >= 4 is 0 Å². The number of hydrogen-bond donors (Lipinski definition) is 0. The van der Waals surface area contributed by atoms with Crippen LogP contribution >= 0.6 is 0 Å². The lowest BCUT2D eigenvalue weighted by molar-refractivity contribution is 0.000576. The Morgan fingerprint density at radius 3 is 2.76 bits per heavy atom. The van der Waals surface area contributed by atoms with E-state index in [0.717, 1.165) is 63.9 Å². The van der Waals surface area contributed by atoms with Crippen molar-refractivity contribution in [1.82, 2.24) is 14.8 Å². The molecule has 0 aliphatic carbocycles. The van der Waals surface area contributed by atoms with Gasteiger partial charge in [0.15, 0.2) is 0 Å². The first-order chi connectivity index (χ1) is 12.3. The summed E-state index contributed by atoms with van der Waals surface area (Å²) in [5, 5.41) is 0. The van der Waals surface area contributed by atoms with Gasteiger partial charge in [-0.2, -0.15) is 0 Å². The van der Waals surface area contributed by atoms with E-state index in [2.05, 4.69) is 33.0 Å². The van der Waals surface area contributed by atoms with E-state index in [9.17, 15) is 0 Å². The molecular formula is C20H27N3O2. The normalized spacial score (nSPS) is 25.9. The summed E-state index contributed by atoms with van der Waals surface area (Å²) in [6, 6.07) is 10.2. The molecular weight excluding hydrogens is 314 g/mol. The standard InChI is InChI=1S/C20H27N3O2/c1-2-8-21-18(5-1)13-23-10-12-24-17-20(16-23)7-4-9-22(15-20)14-19-6-3-11-25-19/h1-3,5-6,8,11H,4,7,9-10,12-17H2. The van der Waals surface area contributed by atoms with E-state index in [4.69, 9.17) is 9.15 Å². The molecule has 0 radical (unpaired) electrons. The number of nitrogens with zero attached hydrogens (tertiary/aromatic N) is 3. The summed E-state index contributed by atoms with van der Waals surface area (Å²) in [5.41, 5.74) is 1.36. The Bertz CT molecular complexity index is 646. The fraction of sp³-hybridized carbons (Fsp3) is 0.550. The Morgan fingerprint density at radius 2 is 1.96 bits per heavy atom. The van der Waals surface area contributed by atoms with Crippen LogP contribution in [0.4, 0.5) is 0 Å². The van der Waals surface area contributed by atoms with Gasteiger partial charge < -0.3 is 9.15 Å². The van der Waals surface area contributed by atoms with E-state index in [1.165, 1.54) is 12.8 Å². The summed E-state index contributed by atoms with van der Waals surface area (Å²) in [6.45, 7) is 7.76. The maximum atomic E-state index is 6.03. The van der Waals surface area contributed by atoms with Crippen LogP contribution in [0.5, 0.6) is 0 Å². The van der Waals surface area contributed by atoms with Crippen molar-refractivity contribution < 1.29 is 9.15 Å². The minimum atomic E-state index is 0.218. The maximum absolute atomic E-state index is 6.03. The van der Waals surface area contributed by atoms with Crippen LogP contribution in [0.1, 0.15) is 24.3 Å². The van der Waals surface area contributed by atoms with Crippen LogP contribution in [-0.2, 0) is 17.8 Å². The molecule has 5 heteroatoms. The third-order valence-corrected chi connectivity index (χ3v) is 5.33. The Hall–Kier alpha value is -1.69. The van der Waals surface area contributed by atoms with E-state index in [-0.39, 0.29) is 5.41 Å². The molecule has 0 amide bonds. The van der Waals surface area contributed by atoms with Crippen LogP contribution in [0.2, 0.25) is 0 Å². The lowest BCUT2D eigenvalue weighted by Gasteiger charge is -2.43. The summed E-state index contributed by atoms with van der Waals surface area (Å²) in [6.07, 6.45) is 6.10. The minimum absolute atomic E-state index is 0.218. The van der Waals surface area contributed by atoms with E-state index in [0.29, 0.717) is 0 Å². The second-order valence-corrected chi connectivity index (χ2v) is 7.48. The molecule has 2 fully saturated rings. The molecule has 0 saturated carbocycles. The molecule has 1 atom stereocenters. The number of hydrogen-bond acceptors (Lipinski definition) is 5. The van der Waals surface area contributed by atoms with Gasteiger partial charge in [-0.15, -0.1) is 0 Å². The highest BCUT2D eigenvalue weighted by Crippen LogP contribution is 2.34. The third-order valence-electron chi connectivity index (χ3n) is 5.33. The molecule has 2 aromatic rings. The number of pyridine rings is 1. The zero-order chi connectivity index (χ0) is 17.0. The van der Waals surface area contributed by atoms with Crippen molar-refractivity contribution in [2.75, 3.05) is 39.4 Å². The van der Waals surface area contributed by atoms with Gasteiger partial charge in [-0.25, -0.2) is 0 Å². The van der Waals surface area contributed by atoms with E-state index < -0.39 is 0 Å². The predicted octanol–water partition coefficient (Wildman–Crippen LogP) is 2.79. The van der Waals surface area contributed by atoms with Crippen LogP contribution in [0.3, 0.4) is 0 Å². The number of piperidine rings is 1. The Kier molecular flexibility index (Phi) is 5.15. The van der Waals surface area contributed by atoms with Crippen molar-refractivity contribution in [2.45, 2.75) is 25.9 Å². The Balaban J connectivity index is 1.43. The number of rotatable bonds is 4. The highest BCUT2D eigenvalue weighted by atomic mass is 16.5. The van der Waals surface area contributed by atoms with Gasteiger partial charge in [0.05, 0.1) is 31.7 Å². The molecule has 2 saturated heterocycles. The second-order valence-electron chi connectivity index (χ2n) is 7.48. The number of furan rings is 1. The summed E-state index contributed by atoms with van der Waals surface area (Å²) in [5.74, 6) is 1.05. The average molecular weight is 341 g/mol. The van der Waals surface area contributed by atoms with Crippen LogP contribution in [0.15, 0.2) is 47.2 Å². The van der Waals surface area contributed by atoms with Gasteiger partial charge >= 0.3 is 0 Å². The molecule has 4 heterocycles. The van der Waals surface area contributed by atoms with Gasteiger partial charge in [-0.05, 0) is 43.7 Å². The quantitative estimate of drug-likeness (QED) is 0.855. The van der Waals surface area contributed by atoms with Gasteiger partial charge in [0.25, 0.3) is 0 Å². The first-order valence-corrected chi connectivity index (χ1v) is 9.26. The summed E-state index contributed by atoms with van der Waals surface area (Å²) in [7, 11) is 0. The second kappa shape index (κ2) is 7.68. The average Bonchev–Trinajstić information content (AvgIpc) is 3.05. The zero-order valence-corrected chi connectivity index (χ0v) is 14.8. The fourth-order valence-corrected chi connectivity index (χ4v) is 4.25. The largest absolute Gasteiger partial charge is 0.468 e. The molecule has 134 valence electrons. The lowest BCUT2D eigenvalue weighted by atomic mass is 9.80. The summed E-state index contributed by atoms with van der Waals surface area (Å²) < 4.78 is 11.6. The number of aromatic nitrogens is 1. The monoisotopic (exact) mass is 341 g/mol. The Labute approximate surface area is 149 Å². The van der Waals surface area contributed by atoms with E-state index in [1.807, 2.05) is 18.3 Å². The molecule has 1 unspecified atom stereocenters. The van der Waals surface area contributed by atoms with Crippen LogP contribution in [0.25, 0.3) is 0 Å². The zero-order valence-electron chi connectivity index (χ0n) is 14.8. The molecule has 2 aliphatic rings. The first-order valence-electron chi connectivity index (χ1n) is 9.26. The molecule has 0 bridgehead atoms. The van der Waals surface area contributed by atoms with E-state index in [1.54, 1.807) is 6.26 Å². The highest BCUT2D eigenvalue weighted by Gasteiger charge is 2.39. The minimum Gasteiger partial charge on any atom is -0.468 e. The van der Waals surface area contributed by atoms with Gasteiger partial charge in [0.1, 0.15) is 5.76 Å². The Morgan fingerprint density at radius 1 is 1.04 bits per heavy atom. The number of ether oxygens (including phenoxy) is 1. The topological polar surface area (TPSA) is 41.7 Å². The molecule has 5 nitrogen and oxygen atoms in total. The van der Waals surface area contributed by atoms with Crippen molar-refractivity contribution in [3.8, 4) is 0 Å². The highest BCUT2D eigenvalue weighted by molar-refractivity contribution is 5.04. The van der Waals surface area contributed by atoms with Crippen molar-refractivity contribution in [3.05, 3.63) is 54.2 Å². The maximum Gasteiger partial charge on any atom is 0.117 e. The molecule has 1 spiro atoms. The molecule has 25 heavy (non-hydrogen) atoms. The lowest BCUT2D eigenvalue weighted by Crippen LogP contribution is -2.50. The fourth-order valence-electron chi connectivity index (χ4n) is 4.25. The molecule has 2 aromatic heterocycles. The molecule has 0 aromatic carbocycles. The van der Waals surface area contributed by atoms with Crippen molar-refractivity contribution in [2.24, 2.45) is 5.41 Å². The van der Waals surface area contributed by atoms with Gasteiger partial charge in [-0.3, -0.25) is 14.8 Å². The molecule has 4 rings (SSSR count). The van der Waals surface area contributed by atoms with Gasteiger partial charge in [-0.1, -0.05) is 6.07 Å². The number of likely N-dealkylation sites (tertiary alicyclic amines) is 1.